The maximum Gasteiger partial charge on any atom is 0.302 e. The molecule has 0 aromatic rings. The average Bonchev–Trinajstić information content (AvgIpc) is 3.02. The fourth-order valence-corrected chi connectivity index (χ4v) is 9.84. The van der Waals surface area contributed by atoms with Gasteiger partial charge in [-0.25, -0.2) is 0 Å². The van der Waals surface area contributed by atoms with Crippen molar-refractivity contribution >= 4 is 94.3 Å². The second kappa shape index (κ2) is 35.4. The third kappa shape index (κ3) is 35.8. The van der Waals surface area contributed by atoms with Crippen LogP contribution in [-0.4, -0.2) is 164 Å². The Morgan fingerprint density at radius 3 is 1.29 bits per heavy atom. The summed E-state index contributed by atoms with van der Waals surface area (Å²) in [6.45, 7) is 11.1. The van der Waals surface area contributed by atoms with Crippen LogP contribution in [0.3, 0.4) is 0 Å². The summed E-state index contributed by atoms with van der Waals surface area (Å²) in [6, 6.07) is 0. The van der Waals surface area contributed by atoms with Gasteiger partial charge < -0.3 is 33.2 Å². The normalized spacial score (nSPS) is 13.1. The predicted molar refractivity (Wildman–Crippen MR) is 206 cm³/mol. The molecule has 17 heteroatoms. The van der Waals surface area contributed by atoms with Crippen molar-refractivity contribution in [1.29, 1.82) is 0 Å². The minimum Gasteiger partial charge on any atom is -0.465 e. The largest absolute Gasteiger partial charge is 0.465 e. The first-order chi connectivity index (χ1) is 23.1. The first kappa shape index (κ1) is 48.0. The number of hydrogen-bond donors (Lipinski definition) is 0. The Bertz CT molecular complexity index is 828. The summed E-state index contributed by atoms with van der Waals surface area (Å²) in [6.07, 6.45) is 0. The van der Waals surface area contributed by atoms with Crippen molar-refractivity contribution < 1.29 is 52.3 Å². The zero-order valence-corrected chi connectivity index (χ0v) is 34.0. The Kier molecular flexibility index (Phi) is 35.4. The minimum absolute atomic E-state index is 0.158. The number of esters is 3. The van der Waals surface area contributed by atoms with Crippen molar-refractivity contribution in [1.82, 2.24) is 0 Å². The van der Waals surface area contributed by atoms with Crippen LogP contribution in [0.1, 0.15) is 27.7 Å². The van der Waals surface area contributed by atoms with E-state index < -0.39 is 0 Å². The van der Waals surface area contributed by atoms with Gasteiger partial charge in [-0.15, -0.1) is 0 Å². The molecular formula is C31H56O11S6. The SMILES string of the molecule is COCCOCC(CSCCOCC(CSCC(C)=O)SCCOC(C)=O)SCCOCC(CSCCOC(C)=O)SCCOC(C)=O. The number of rotatable bonds is 35. The molecule has 0 aliphatic rings. The Balaban J connectivity index is 4.55. The van der Waals surface area contributed by atoms with Crippen LogP contribution >= 0.6 is 70.6 Å². The molecule has 0 heterocycles. The van der Waals surface area contributed by atoms with Crippen molar-refractivity contribution in [2.75, 3.05) is 125 Å². The summed E-state index contributed by atoms with van der Waals surface area (Å²) < 4.78 is 38.1. The lowest BCUT2D eigenvalue weighted by atomic mass is 10.5. The maximum absolute atomic E-state index is 11.3. The molecule has 11 nitrogen and oxygen atoms in total. The molecule has 282 valence electrons. The highest BCUT2D eigenvalue weighted by Crippen LogP contribution is 2.21. The average molecular weight is 797 g/mol. The number of hydrogen-bond acceptors (Lipinski definition) is 17. The summed E-state index contributed by atoms with van der Waals surface area (Å²) in [5, 5.41) is 0.753. The third-order valence-electron chi connectivity index (χ3n) is 5.53. The van der Waals surface area contributed by atoms with Crippen LogP contribution in [0.5, 0.6) is 0 Å². The number of ether oxygens (including phenoxy) is 7. The predicted octanol–water partition coefficient (Wildman–Crippen LogP) is 4.47. The third-order valence-corrected chi connectivity index (χ3v) is 13.1. The maximum atomic E-state index is 11.3. The molecule has 0 spiro atoms. The second-order valence-electron chi connectivity index (χ2n) is 10.1. The van der Waals surface area contributed by atoms with E-state index in [4.69, 9.17) is 33.2 Å². The van der Waals surface area contributed by atoms with Gasteiger partial charge in [-0.1, -0.05) is 0 Å². The van der Waals surface area contributed by atoms with E-state index in [0.29, 0.717) is 88.6 Å². The van der Waals surface area contributed by atoms with Crippen molar-refractivity contribution in [3.8, 4) is 0 Å². The number of Topliss-reactive ketones (excluding diaryl/α,β-unsaturated/α-hetero) is 1. The minimum atomic E-state index is -0.281. The molecule has 0 saturated heterocycles. The van der Waals surface area contributed by atoms with Gasteiger partial charge in [0.2, 0.25) is 0 Å². The zero-order valence-electron chi connectivity index (χ0n) is 29.1. The molecule has 0 N–H and O–H groups in total. The van der Waals surface area contributed by atoms with Gasteiger partial charge in [-0.2, -0.15) is 70.6 Å². The highest BCUT2D eigenvalue weighted by molar-refractivity contribution is 8.04. The molecule has 0 aliphatic heterocycles. The number of thioether (sulfide) groups is 6. The number of ketones is 1. The molecule has 0 saturated carbocycles. The molecule has 3 atom stereocenters. The summed E-state index contributed by atoms with van der Waals surface area (Å²) in [7, 11) is 1.66. The van der Waals surface area contributed by atoms with E-state index in [1.165, 1.54) is 20.8 Å². The van der Waals surface area contributed by atoms with Gasteiger partial charge in [0.05, 0.1) is 52.0 Å². The lowest BCUT2D eigenvalue weighted by Crippen LogP contribution is -2.21. The highest BCUT2D eigenvalue weighted by atomic mass is 32.2. The van der Waals surface area contributed by atoms with Crippen LogP contribution in [0.2, 0.25) is 0 Å². The fraction of sp³-hybridized carbons (Fsp3) is 0.871. The van der Waals surface area contributed by atoms with Gasteiger partial charge in [0.1, 0.15) is 25.6 Å². The topological polar surface area (TPSA) is 133 Å². The van der Waals surface area contributed by atoms with Crippen molar-refractivity contribution in [3.05, 3.63) is 0 Å². The Hall–Kier alpha value is 0.0200. The molecule has 3 unspecified atom stereocenters. The van der Waals surface area contributed by atoms with E-state index in [1.807, 2.05) is 23.5 Å². The molecule has 0 bridgehead atoms. The van der Waals surface area contributed by atoms with Gasteiger partial charge in [-0.05, 0) is 6.92 Å². The quantitative estimate of drug-likeness (QED) is 0.0507. The van der Waals surface area contributed by atoms with E-state index in [1.54, 1.807) is 61.1 Å². The van der Waals surface area contributed by atoms with Crippen LogP contribution in [0, 0.1) is 0 Å². The van der Waals surface area contributed by atoms with Crippen molar-refractivity contribution in [2.45, 2.75) is 43.4 Å². The van der Waals surface area contributed by atoms with Gasteiger partial charge in [0, 0.05) is 89.7 Å². The summed E-state index contributed by atoms with van der Waals surface area (Å²) in [4.78, 5) is 44.4. The van der Waals surface area contributed by atoms with Crippen LogP contribution in [0.4, 0.5) is 0 Å². The van der Waals surface area contributed by atoms with Gasteiger partial charge in [0.25, 0.3) is 0 Å². The molecule has 48 heavy (non-hydrogen) atoms. The zero-order chi connectivity index (χ0) is 35.7. The van der Waals surface area contributed by atoms with Crippen molar-refractivity contribution in [2.24, 2.45) is 0 Å². The summed E-state index contributed by atoms with van der Waals surface area (Å²) in [5.74, 6) is 6.20. The van der Waals surface area contributed by atoms with Gasteiger partial charge in [0.15, 0.2) is 0 Å². The molecular weight excluding hydrogens is 741 g/mol. The Morgan fingerprint density at radius 1 is 0.479 bits per heavy atom. The van der Waals surface area contributed by atoms with Gasteiger partial charge >= 0.3 is 17.9 Å². The molecule has 0 rings (SSSR count). The fourth-order valence-electron chi connectivity index (χ4n) is 3.42. The van der Waals surface area contributed by atoms with Crippen LogP contribution in [0.25, 0.3) is 0 Å². The Morgan fingerprint density at radius 2 is 0.854 bits per heavy atom. The number of carbonyl (C=O) groups is 4. The molecule has 0 aliphatic carbocycles. The number of methoxy groups -OCH3 is 1. The van der Waals surface area contributed by atoms with E-state index in [0.717, 1.165) is 34.5 Å². The lowest BCUT2D eigenvalue weighted by molar-refractivity contribution is -0.141. The van der Waals surface area contributed by atoms with Crippen molar-refractivity contribution in [3.63, 3.8) is 0 Å². The second-order valence-corrected chi connectivity index (χ2v) is 17.6. The molecule has 0 aromatic carbocycles. The van der Waals surface area contributed by atoms with Crippen LogP contribution in [0.15, 0.2) is 0 Å². The van der Waals surface area contributed by atoms with E-state index in [9.17, 15) is 19.2 Å². The lowest BCUT2D eigenvalue weighted by Gasteiger charge is -2.19. The standard InChI is InChI=1S/C31H56O11S6/c1-25(32)21-45-24-31(48-17-12-42-28(4)35)20-38-8-13-43-22-29(18-37-7-6-36-5)46-15-9-39-19-30(47-16-11-41-27(3)34)23-44-14-10-40-26(2)33/h29-31H,6-24H2,1-5H3. The van der Waals surface area contributed by atoms with E-state index in [2.05, 4.69) is 0 Å². The smallest absolute Gasteiger partial charge is 0.302 e. The number of carbonyl (C=O) groups excluding carboxylic acids is 4. The molecule has 0 amide bonds. The summed E-state index contributed by atoms with van der Waals surface area (Å²) >= 11 is 10.4. The molecule has 0 radical (unpaired) electrons. The first-order valence-electron chi connectivity index (χ1n) is 15.8. The summed E-state index contributed by atoms with van der Waals surface area (Å²) in [5.41, 5.74) is 0. The van der Waals surface area contributed by atoms with Crippen LogP contribution < -0.4 is 0 Å². The first-order valence-corrected chi connectivity index (χ1v) is 22.4. The van der Waals surface area contributed by atoms with E-state index in [-0.39, 0.29) is 34.2 Å². The van der Waals surface area contributed by atoms with E-state index >= 15 is 0 Å². The molecule has 0 aromatic heterocycles. The van der Waals surface area contributed by atoms with Crippen LogP contribution in [-0.2, 0) is 52.3 Å². The Labute approximate surface area is 313 Å². The molecule has 0 fully saturated rings. The van der Waals surface area contributed by atoms with Gasteiger partial charge in [-0.3, -0.25) is 19.2 Å². The highest BCUT2D eigenvalue weighted by Gasteiger charge is 2.14. The monoisotopic (exact) mass is 796 g/mol.